The van der Waals surface area contributed by atoms with Crippen molar-refractivity contribution in [2.75, 3.05) is 6.61 Å². The second kappa shape index (κ2) is 7.00. The van der Waals surface area contributed by atoms with Gasteiger partial charge in [-0.05, 0) is 5.92 Å². The summed E-state index contributed by atoms with van der Waals surface area (Å²) in [7, 11) is 0. The molecule has 5 nitrogen and oxygen atoms in total. The molecular weight excluding hydrogens is 200 g/mol. The van der Waals surface area contributed by atoms with Crippen LogP contribution in [-0.2, 0) is 14.3 Å². The number of aliphatic hydroxyl groups is 1. The molecule has 0 rings (SSSR count). The molecule has 0 saturated heterocycles. The fourth-order valence-electron chi connectivity index (χ4n) is 0.791. The highest BCUT2D eigenvalue weighted by atomic mass is 16.5. The number of rotatable bonds is 6. The highest BCUT2D eigenvalue weighted by Crippen LogP contribution is 2.07. The Morgan fingerprint density at radius 1 is 1.40 bits per heavy atom. The Bertz CT molecular complexity index is 246. The summed E-state index contributed by atoms with van der Waals surface area (Å²) in [5.74, 6) is -1.93. The molecule has 0 spiro atoms. The number of carbonyl (C=O) groups excluding carboxylic acids is 1. The van der Waals surface area contributed by atoms with Crippen LogP contribution in [0, 0.1) is 5.92 Å². The van der Waals surface area contributed by atoms with Crippen LogP contribution in [0.15, 0.2) is 12.2 Å². The van der Waals surface area contributed by atoms with Gasteiger partial charge >= 0.3 is 11.9 Å². The Kier molecular flexibility index (Phi) is 6.37. The van der Waals surface area contributed by atoms with Gasteiger partial charge in [0.1, 0.15) is 6.61 Å². The molecule has 0 heterocycles. The lowest BCUT2D eigenvalue weighted by atomic mass is 10.0. The third-order valence-electron chi connectivity index (χ3n) is 2.06. The number of carboxylic acids is 1. The van der Waals surface area contributed by atoms with Gasteiger partial charge in [0, 0.05) is 12.2 Å². The van der Waals surface area contributed by atoms with E-state index in [2.05, 4.69) is 4.74 Å². The first-order valence-corrected chi connectivity index (χ1v) is 4.73. The Labute approximate surface area is 88.4 Å². The first-order chi connectivity index (χ1) is 6.97. The molecule has 0 amide bonds. The average Bonchev–Trinajstić information content (AvgIpc) is 2.21. The second-order valence-electron chi connectivity index (χ2n) is 3.25. The lowest BCUT2D eigenvalue weighted by Gasteiger charge is -2.16. The molecule has 2 unspecified atom stereocenters. The topological polar surface area (TPSA) is 83.8 Å². The van der Waals surface area contributed by atoms with E-state index in [0.717, 1.165) is 12.5 Å². The van der Waals surface area contributed by atoms with Gasteiger partial charge in [-0.3, -0.25) is 0 Å². The number of esters is 1. The molecule has 2 N–H and O–H groups in total. The minimum absolute atomic E-state index is 0.0428. The van der Waals surface area contributed by atoms with Crippen LogP contribution in [0.5, 0.6) is 0 Å². The van der Waals surface area contributed by atoms with E-state index in [1.807, 2.05) is 13.8 Å². The third-order valence-corrected chi connectivity index (χ3v) is 2.06. The highest BCUT2D eigenvalue weighted by Gasteiger charge is 2.13. The molecule has 0 aliphatic carbocycles. The van der Waals surface area contributed by atoms with Crippen molar-refractivity contribution in [1.82, 2.24) is 0 Å². The van der Waals surface area contributed by atoms with Crippen LogP contribution in [0.25, 0.3) is 0 Å². The molecule has 0 aromatic carbocycles. The molecule has 5 heteroatoms. The maximum atomic E-state index is 10.9. The van der Waals surface area contributed by atoms with Crippen LogP contribution in [0.3, 0.4) is 0 Å². The van der Waals surface area contributed by atoms with E-state index in [1.165, 1.54) is 0 Å². The first-order valence-electron chi connectivity index (χ1n) is 4.73. The van der Waals surface area contributed by atoms with Gasteiger partial charge in [0.05, 0.1) is 6.10 Å². The first kappa shape index (κ1) is 13.6. The number of hydrogen-bond donors (Lipinski definition) is 2. The lowest BCUT2D eigenvalue weighted by Crippen LogP contribution is -2.24. The van der Waals surface area contributed by atoms with Crippen LogP contribution in [-0.4, -0.2) is 34.9 Å². The number of ether oxygens (including phenoxy) is 1. The summed E-state index contributed by atoms with van der Waals surface area (Å²) in [6.07, 6.45) is 1.57. The summed E-state index contributed by atoms with van der Waals surface area (Å²) in [4.78, 5) is 20.9. The number of hydrogen-bond acceptors (Lipinski definition) is 4. The normalized spacial score (nSPS) is 14.9. The summed E-state index contributed by atoms with van der Waals surface area (Å²) in [5, 5.41) is 17.6. The van der Waals surface area contributed by atoms with Crippen molar-refractivity contribution in [1.29, 1.82) is 0 Å². The Morgan fingerprint density at radius 2 is 2.00 bits per heavy atom. The van der Waals surface area contributed by atoms with Crippen LogP contribution in [0.1, 0.15) is 20.3 Å². The maximum Gasteiger partial charge on any atom is 0.331 e. The second-order valence-corrected chi connectivity index (χ2v) is 3.25. The van der Waals surface area contributed by atoms with Crippen molar-refractivity contribution in [3.05, 3.63) is 12.2 Å². The van der Waals surface area contributed by atoms with Crippen molar-refractivity contribution in [2.24, 2.45) is 5.92 Å². The zero-order valence-corrected chi connectivity index (χ0v) is 8.84. The average molecular weight is 216 g/mol. The summed E-state index contributed by atoms with van der Waals surface area (Å²) in [5.41, 5.74) is 0. The molecule has 86 valence electrons. The molecule has 15 heavy (non-hydrogen) atoms. The third kappa shape index (κ3) is 6.68. The van der Waals surface area contributed by atoms with E-state index in [4.69, 9.17) is 5.11 Å². The van der Waals surface area contributed by atoms with E-state index in [0.29, 0.717) is 6.08 Å². The molecule has 0 fully saturated rings. The summed E-state index contributed by atoms with van der Waals surface area (Å²) in [6.45, 7) is 3.64. The van der Waals surface area contributed by atoms with Gasteiger partial charge in [0.2, 0.25) is 0 Å². The zero-order valence-electron chi connectivity index (χ0n) is 8.84. The smallest absolute Gasteiger partial charge is 0.331 e. The molecule has 0 radical (unpaired) electrons. The molecular formula is C10H16O5. The van der Waals surface area contributed by atoms with Gasteiger partial charge in [0.15, 0.2) is 0 Å². The number of carboxylic acid groups (broad SMARTS) is 1. The van der Waals surface area contributed by atoms with Gasteiger partial charge < -0.3 is 14.9 Å². The predicted octanol–water partition coefficient (Wildman–Crippen LogP) is 0.577. The molecule has 0 aromatic rings. The van der Waals surface area contributed by atoms with Crippen molar-refractivity contribution in [2.45, 2.75) is 26.4 Å². The molecule has 0 aromatic heterocycles. The molecule has 0 saturated carbocycles. The number of aliphatic carboxylic acids is 1. The van der Waals surface area contributed by atoms with Crippen molar-refractivity contribution < 1.29 is 24.5 Å². The summed E-state index contributed by atoms with van der Waals surface area (Å²) in [6, 6.07) is 0. The fraction of sp³-hybridized carbons (Fsp3) is 0.600. The largest absolute Gasteiger partial charge is 0.478 e. The van der Waals surface area contributed by atoms with Crippen LogP contribution >= 0.6 is 0 Å². The van der Waals surface area contributed by atoms with Crippen LogP contribution in [0.4, 0.5) is 0 Å². The van der Waals surface area contributed by atoms with E-state index in [-0.39, 0.29) is 12.5 Å². The Morgan fingerprint density at radius 3 is 2.47 bits per heavy atom. The van der Waals surface area contributed by atoms with Gasteiger partial charge in [-0.25, -0.2) is 9.59 Å². The van der Waals surface area contributed by atoms with E-state index in [9.17, 15) is 14.7 Å². The highest BCUT2D eigenvalue weighted by molar-refractivity contribution is 5.90. The van der Waals surface area contributed by atoms with E-state index < -0.39 is 18.0 Å². The summed E-state index contributed by atoms with van der Waals surface area (Å²) >= 11 is 0. The Hall–Kier alpha value is -1.36. The standard InChI is InChI=1S/C10H16O5/c1-3-7(2)8(11)6-15-10(14)5-4-9(12)13/h4-5,7-8,11H,3,6H2,1-2H3,(H,12,13)/b5-4+. The maximum absolute atomic E-state index is 10.9. The van der Waals surface area contributed by atoms with Gasteiger partial charge in [-0.2, -0.15) is 0 Å². The minimum Gasteiger partial charge on any atom is -0.478 e. The number of aliphatic hydroxyl groups excluding tert-OH is 1. The monoisotopic (exact) mass is 216 g/mol. The van der Waals surface area contributed by atoms with Crippen molar-refractivity contribution >= 4 is 11.9 Å². The SMILES string of the molecule is CCC(C)C(O)COC(=O)/C=C/C(=O)O. The quantitative estimate of drug-likeness (QED) is 0.501. The predicted molar refractivity (Wildman–Crippen MR) is 53.2 cm³/mol. The Balaban J connectivity index is 3.85. The van der Waals surface area contributed by atoms with Crippen LogP contribution in [0.2, 0.25) is 0 Å². The van der Waals surface area contributed by atoms with Crippen LogP contribution < -0.4 is 0 Å². The molecule has 2 atom stereocenters. The molecule has 0 aliphatic heterocycles. The van der Waals surface area contributed by atoms with Gasteiger partial charge in [0.25, 0.3) is 0 Å². The lowest BCUT2D eigenvalue weighted by molar-refractivity contribution is -0.142. The van der Waals surface area contributed by atoms with Crippen molar-refractivity contribution in [3.63, 3.8) is 0 Å². The molecule has 0 bridgehead atoms. The van der Waals surface area contributed by atoms with Gasteiger partial charge in [-0.1, -0.05) is 20.3 Å². The minimum atomic E-state index is -1.21. The summed E-state index contributed by atoms with van der Waals surface area (Å²) < 4.78 is 4.64. The zero-order chi connectivity index (χ0) is 11.8. The number of carbonyl (C=O) groups is 2. The van der Waals surface area contributed by atoms with E-state index >= 15 is 0 Å². The van der Waals surface area contributed by atoms with E-state index in [1.54, 1.807) is 0 Å². The molecule has 0 aliphatic rings. The van der Waals surface area contributed by atoms with Gasteiger partial charge in [-0.15, -0.1) is 0 Å². The van der Waals surface area contributed by atoms with Crippen molar-refractivity contribution in [3.8, 4) is 0 Å². The fourth-order valence-corrected chi connectivity index (χ4v) is 0.791.